The van der Waals surface area contributed by atoms with E-state index in [-0.39, 0.29) is 151 Å². The molecule has 0 radical (unpaired) electrons. The molecular formula is C41H72N9O14P3S3. The predicted molar refractivity (Wildman–Crippen MR) is 277 cm³/mol. The number of primary amides is 1. The number of nitrogens with one attached hydrogen (secondary N) is 4. The van der Waals surface area contributed by atoms with E-state index in [1.807, 2.05) is 0 Å². The highest BCUT2D eigenvalue weighted by atomic mass is 32.7. The van der Waals surface area contributed by atoms with Crippen molar-refractivity contribution < 1.29 is 66.9 Å². The summed E-state index contributed by atoms with van der Waals surface area (Å²) in [5, 5.41) is 10.6. The summed E-state index contributed by atoms with van der Waals surface area (Å²) in [5.74, 6) is -3.28. The minimum Gasteiger partial charge on any atom is -0.377 e. The van der Waals surface area contributed by atoms with Crippen LogP contribution in [-0.4, -0.2) is 173 Å². The summed E-state index contributed by atoms with van der Waals surface area (Å²) >= 11 is 13.5. The molecule has 398 valence electrons. The zero-order chi connectivity index (χ0) is 50.2. The minimum atomic E-state index is -0.656. The maximum Gasteiger partial charge on any atom is 0.253 e. The summed E-state index contributed by atoms with van der Waals surface area (Å²) in [5.41, 5.74) is 16.1. The molecule has 9 amide bonds. The number of amides is 9. The number of hydrogen-bond donors (Lipinski definition) is 7. The topological polar surface area (TPSA) is 340 Å². The Hall–Kier alpha value is -3.90. The van der Waals surface area contributed by atoms with Gasteiger partial charge in [-0.25, -0.2) is 0 Å². The Labute approximate surface area is 431 Å². The van der Waals surface area contributed by atoms with Gasteiger partial charge in [0.05, 0.1) is 59.1 Å². The first-order valence-corrected chi connectivity index (χ1v) is 27.3. The maximum absolute atomic E-state index is 11.7. The highest BCUT2D eigenvalue weighted by molar-refractivity contribution is 8.40. The van der Waals surface area contributed by atoms with Gasteiger partial charge in [-0.05, 0) is 73.9 Å². The molecule has 0 spiro atoms. The molecule has 70 heavy (non-hydrogen) atoms. The average Bonchev–Trinajstić information content (AvgIpc) is 3.81. The normalized spacial score (nSPS) is 13.2. The third kappa shape index (κ3) is 38.8. The molecule has 2 aliphatic heterocycles. The number of hydrogen-bond acceptors (Lipinski definition) is 19. The van der Waals surface area contributed by atoms with E-state index in [1.165, 1.54) is 24.3 Å². The lowest BCUT2D eigenvalue weighted by molar-refractivity contribution is -0.139. The molecule has 0 aromatic heterocycles. The van der Waals surface area contributed by atoms with E-state index in [1.54, 1.807) is 0 Å². The van der Waals surface area contributed by atoms with Crippen molar-refractivity contribution in [2.24, 2.45) is 17.2 Å². The molecule has 23 nitrogen and oxygen atoms in total. The molecule has 0 saturated carbocycles. The van der Waals surface area contributed by atoms with Crippen LogP contribution in [0.1, 0.15) is 73.6 Å². The zero-order valence-electron chi connectivity index (χ0n) is 36.9. The van der Waals surface area contributed by atoms with Crippen molar-refractivity contribution in [3.63, 3.8) is 0 Å². The first-order chi connectivity index (χ1) is 32.1. The van der Waals surface area contributed by atoms with Crippen LogP contribution in [0.4, 0.5) is 0 Å². The largest absolute Gasteiger partial charge is 0.377 e. The fraction of sp³-hybridized carbons (Fsp3) is 0.659. The third-order valence-corrected chi connectivity index (χ3v) is 12.3. The first-order valence-electron chi connectivity index (χ1n) is 20.8. The molecule has 0 fully saturated rings. The summed E-state index contributed by atoms with van der Waals surface area (Å²) in [6.45, 7) is 2.88. The maximum atomic E-state index is 11.7. The van der Waals surface area contributed by atoms with Crippen LogP contribution >= 0.6 is 21.4 Å². The van der Waals surface area contributed by atoms with Crippen molar-refractivity contribution in [2.75, 3.05) is 92.1 Å². The van der Waals surface area contributed by atoms with Crippen LogP contribution in [0.3, 0.4) is 0 Å². The molecule has 0 aliphatic carbocycles. The van der Waals surface area contributed by atoms with E-state index < -0.39 is 41.6 Å². The molecular weight excluding hydrogens is 1030 g/mol. The second-order valence-electron chi connectivity index (χ2n) is 13.8. The highest BCUT2D eigenvalue weighted by Gasteiger charge is 2.24. The van der Waals surface area contributed by atoms with E-state index in [2.05, 4.69) is 56.7 Å². The number of rotatable bonds is 36. The lowest BCUT2D eigenvalue weighted by Gasteiger charge is -2.13. The van der Waals surface area contributed by atoms with Crippen LogP contribution in [-0.2, 0) is 102 Å². The van der Waals surface area contributed by atoms with Gasteiger partial charge in [-0.15, -0.1) is 0 Å². The van der Waals surface area contributed by atoms with Gasteiger partial charge in [0, 0.05) is 90.5 Å². The molecule has 0 bridgehead atoms. The second kappa shape index (κ2) is 47.4. The van der Waals surface area contributed by atoms with Gasteiger partial charge < -0.3 is 57.4 Å². The van der Waals surface area contributed by atoms with Crippen LogP contribution < -0.4 is 38.5 Å². The van der Waals surface area contributed by atoms with E-state index in [0.29, 0.717) is 45.2 Å². The SMILES string of the molecule is C.C.C.NC(=O)C(N)CCCCNC(=O)COCCOCCNC(=O)CCN1C(=O)C=CC1=O.NC(CCCCNC(=O)COCCOCCNC(=O)CCN1C(=O)C=CC1=O)C(=O)P=S.S=PP=S. The van der Waals surface area contributed by atoms with Crippen LogP contribution in [0.25, 0.3) is 0 Å². The van der Waals surface area contributed by atoms with E-state index in [4.69, 9.17) is 36.1 Å². The molecule has 29 heteroatoms. The molecule has 2 atom stereocenters. The standard InChI is InChI=1S/C19H31N5O7.C19H29N4O7PS.3CH4.P2S2/c20-14(19(21)29)3-1-2-7-22-16(26)13-31-12-11-30-10-8-23-15(25)6-9-24-17(27)4-5-18(24)28;20-14(19(28)31-32)3-1-2-7-21-16(25)13-30-12-11-29-10-8-22-15(24)6-9-23-17(26)4-5-18(23)27;;;;3-1-2-4/h4-5,14H,1-3,6-13,20H2,(H2,21,29)(H,22,26)(H,23,25);4-5,14H,1-3,6-13,20H2,(H,21,25)(H,22,24);3*1H4;. The van der Waals surface area contributed by atoms with Crippen molar-refractivity contribution in [2.45, 2.75) is 85.7 Å². The van der Waals surface area contributed by atoms with E-state index >= 15 is 0 Å². The Morgan fingerprint density at radius 2 is 0.857 bits per heavy atom. The Morgan fingerprint density at radius 1 is 0.514 bits per heavy atom. The fourth-order valence-corrected chi connectivity index (χ4v) is 5.74. The Balaban J connectivity index is -0.000000555. The Kier molecular flexibility index (Phi) is 49.2. The summed E-state index contributed by atoms with van der Waals surface area (Å²) in [6, 6.07) is -1.19. The fourth-order valence-electron chi connectivity index (χ4n) is 5.07. The summed E-state index contributed by atoms with van der Waals surface area (Å²) in [7, 11) is 1.99. The van der Waals surface area contributed by atoms with Crippen molar-refractivity contribution in [3.8, 4) is 0 Å². The molecule has 2 heterocycles. The molecule has 10 N–H and O–H groups in total. The predicted octanol–water partition coefficient (Wildman–Crippen LogP) is 0.175. The Morgan fingerprint density at radius 3 is 1.20 bits per heavy atom. The number of carbonyl (C=O) groups excluding carboxylic acids is 10. The van der Waals surface area contributed by atoms with Gasteiger partial charge in [-0.2, -0.15) is 0 Å². The number of nitrogens with two attached hydrogens (primary N) is 3. The monoisotopic (exact) mass is 1100 g/mol. The lowest BCUT2D eigenvalue weighted by Crippen LogP contribution is -2.36. The van der Waals surface area contributed by atoms with Crippen molar-refractivity contribution in [1.82, 2.24) is 31.1 Å². The van der Waals surface area contributed by atoms with E-state index in [9.17, 15) is 47.9 Å². The lowest BCUT2D eigenvalue weighted by atomic mass is 10.1. The van der Waals surface area contributed by atoms with Crippen LogP contribution in [0, 0.1) is 0 Å². The molecule has 2 aliphatic rings. The number of nitrogens with zero attached hydrogens (tertiary/aromatic N) is 2. The molecule has 2 rings (SSSR count). The van der Waals surface area contributed by atoms with Crippen LogP contribution in [0.2, 0.25) is 0 Å². The van der Waals surface area contributed by atoms with Gasteiger partial charge in [-0.1, -0.05) is 22.3 Å². The van der Waals surface area contributed by atoms with Crippen molar-refractivity contribution >= 4 is 116 Å². The number of carbonyl (C=O) groups is 10. The van der Waals surface area contributed by atoms with E-state index in [0.717, 1.165) is 30.3 Å². The second-order valence-corrected chi connectivity index (χ2v) is 19.2. The third-order valence-electron chi connectivity index (χ3n) is 8.61. The van der Waals surface area contributed by atoms with Gasteiger partial charge in [0.2, 0.25) is 35.1 Å². The van der Waals surface area contributed by atoms with Crippen LogP contribution in [0.5, 0.6) is 0 Å². The summed E-state index contributed by atoms with van der Waals surface area (Å²) in [6.07, 6.45) is 8.55. The zero-order valence-corrected chi connectivity index (χ0v) is 42.1. The minimum absolute atomic E-state index is 0. The van der Waals surface area contributed by atoms with Crippen LogP contribution in [0.15, 0.2) is 24.3 Å². The number of ether oxygens (including phenoxy) is 4. The van der Waals surface area contributed by atoms with Gasteiger partial charge in [0.1, 0.15) is 13.2 Å². The quantitative estimate of drug-likeness (QED) is 0.0250. The summed E-state index contributed by atoms with van der Waals surface area (Å²) in [4.78, 5) is 116. The number of unbranched alkanes of at least 4 members (excludes halogenated alkanes) is 2. The highest BCUT2D eigenvalue weighted by Crippen LogP contribution is 2.10. The van der Waals surface area contributed by atoms with Gasteiger partial charge in [0.15, 0.2) is 0 Å². The van der Waals surface area contributed by atoms with Crippen molar-refractivity contribution in [1.29, 1.82) is 0 Å². The molecule has 2 unspecified atom stereocenters. The van der Waals surface area contributed by atoms with Gasteiger partial charge >= 0.3 is 0 Å². The Bertz CT molecular complexity index is 1700. The smallest absolute Gasteiger partial charge is 0.253 e. The first kappa shape index (κ1) is 72.6. The average molecular weight is 1100 g/mol. The molecule has 0 saturated heterocycles. The molecule has 0 aromatic carbocycles. The van der Waals surface area contributed by atoms with Gasteiger partial charge in [-0.3, -0.25) is 57.7 Å². The number of imide groups is 2. The van der Waals surface area contributed by atoms with Gasteiger partial charge in [0.25, 0.3) is 23.6 Å². The van der Waals surface area contributed by atoms with Crippen molar-refractivity contribution in [3.05, 3.63) is 24.3 Å². The summed E-state index contributed by atoms with van der Waals surface area (Å²) < 4.78 is 21.0. The molecule has 0 aromatic rings.